The first-order chi connectivity index (χ1) is 9.13. The lowest BCUT2D eigenvalue weighted by Gasteiger charge is -2.20. The van der Waals surface area contributed by atoms with E-state index >= 15 is 0 Å². The standard InChI is InChI=1S/C15H18N2O2/c1-10-6-14(17(18)19)4-5-15(10)16-9-13-8-11-2-3-12(13)7-11/h2-6,11-13,16H,7-9H2,1H3. The average Bonchev–Trinajstić information content (AvgIpc) is 2.99. The van der Waals surface area contributed by atoms with Crippen molar-refractivity contribution in [1.29, 1.82) is 0 Å². The normalized spacial score (nSPS) is 27.7. The van der Waals surface area contributed by atoms with Gasteiger partial charge in [-0.1, -0.05) is 12.2 Å². The van der Waals surface area contributed by atoms with Crippen molar-refractivity contribution >= 4 is 11.4 Å². The molecular formula is C15H18N2O2. The number of hydrogen-bond acceptors (Lipinski definition) is 3. The Morgan fingerprint density at radius 3 is 2.79 bits per heavy atom. The van der Waals surface area contributed by atoms with Crippen LogP contribution >= 0.6 is 0 Å². The molecule has 0 heterocycles. The maximum atomic E-state index is 10.7. The molecule has 0 aliphatic heterocycles. The van der Waals surface area contributed by atoms with E-state index < -0.39 is 0 Å². The molecule has 1 N–H and O–H groups in total. The average molecular weight is 258 g/mol. The fourth-order valence-corrected chi connectivity index (χ4v) is 3.33. The van der Waals surface area contributed by atoms with Gasteiger partial charge in [-0.2, -0.15) is 0 Å². The molecule has 0 amide bonds. The predicted octanol–water partition coefficient (Wildman–Crippen LogP) is 3.53. The van der Waals surface area contributed by atoms with Gasteiger partial charge in [0, 0.05) is 24.4 Å². The summed E-state index contributed by atoms with van der Waals surface area (Å²) in [6, 6.07) is 5.01. The maximum absolute atomic E-state index is 10.7. The van der Waals surface area contributed by atoms with E-state index in [0.717, 1.165) is 29.6 Å². The molecule has 3 atom stereocenters. The van der Waals surface area contributed by atoms with Gasteiger partial charge in [0.1, 0.15) is 0 Å². The van der Waals surface area contributed by atoms with E-state index in [4.69, 9.17) is 0 Å². The molecule has 1 fully saturated rings. The third kappa shape index (κ3) is 2.35. The summed E-state index contributed by atoms with van der Waals surface area (Å²) in [5.41, 5.74) is 2.11. The number of fused-ring (bicyclic) bond motifs is 2. The molecule has 0 radical (unpaired) electrons. The monoisotopic (exact) mass is 258 g/mol. The molecule has 0 spiro atoms. The van der Waals surface area contributed by atoms with E-state index in [2.05, 4.69) is 17.5 Å². The predicted molar refractivity (Wildman–Crippen MR) is 75.2 cm³/mol. The number of benzene rings is 1. The summed E-state index contributed by atoms with van der Waals surface area (Å²) in [5.74, 6) is 2.23. The van der Waals surface area contributed by atoms with E-state index in [0.29, 0.717) is 5.92 Å². The van der Waals surface area contributed by atoms with Gasteiger partial charge in [0.15, 0.2) is 0 Å². The zero-order valence-corrected chi connectivity index (χ0v) is 11.0. The molecule has 2 aliphatic rings. The number of nitrogens with one attached hydrogen (secondary N) is 1. The van der Waals surface area contributed by atoms with E-state index in [-0.39, 0.29) is 10.6 Å². The summed E-state index contributed by atoms with van der Waals surface area (Å²) >= 11 is 0. The van der Waals surface area contributed by atoms with Crippen molar-refractivity contribution in [2.45, 2.75) is 19.8 Å². The van der Waals surface area contributed by atoms with Gasteiger partial charge in [-0.05, 0) is 49.1 Å². The van der Waals surface area contributed by atoms with Gasteiger partial charge in [0.05, 0.1) is 4.92 Å². The summed E-state index contributed by atoms with van der Waals surface area (Å²) in [4.78, 5) is 10.3. The third-order valence-electron chi connectivity index (χ3n) is 4.39. The van der Waals surface area contributed by atoms with Gasteiger partial charge in [0.2, 0.25) is 0 Å². The number of anilines is 1. The van der Waals surface area contributed by atoms with Gasteiger partial charge >= 0.3 is 0 Å². The molecule has 4 heteroatoms. The van der Waals surface area contributed by atoms with Gasteiger partial charge in [-0.15, -0.1) is 0 Å². The van der Waals surface area contributed by atoms with Gasteiger partial charge in [0.25, 0.3) is 5.69 Å². The molecule has 1 aromatic rings. The number of rotatable bonds is 4. The van der Waals surface area contributed by atoms with Crippen molar-refractivity contribution in [3.05, 3.63) is 46.0 Å². The highest BCUT2D eigenvalue weighted by molar-refractivity contribution is 5.55. The van der Waals surface area contributed by atoms with Crippen LogP contribution in [-0.2, 0) is 0 Å². The van der Waals surface area contributed by atoms with Crippen LogP contribution < -0.4 is 5.32 Å². The van der Waals surface area contributed by atoms with Crippen molar-refractivity contribution < 1.29 is 4.92 Å². The first-order valence-corrected chi connectivity index (χ1v) is 6.80. The zero-order valence-electron chi connectivity index (χ0n) is 11.0. The minimum Gasteiger partial charge on any atom is -0.385 e. The van der Waals surface area contributed by atoms with Gasteiger partial charge in [-0.3, -0.25) is 10.1 Å². The molecule has 1 aromatic carbocycles. The Morgan fingerprint density at radius 1 is 1.37 bits per heavy atom. The molecule has 0 aromatic heterocycles. The van der Waals surface area contributed by atoms with Crippen LogP contribution in [0.3, 0.4) is 0 Å². The van der Waals surface area contributed by atoms with Crippen LogP contribution in [0.4, 0.5) is 11.4 Å². The first-order valence-electron chi connectivity index (χ1n) is 6.80. The number of non-ortho nitro benzene ring substituents is 1. The zero-order chi connectivity index (χ0) is 13.4. The van der Waals surface area contributed by atoms with E-state index in [1.54, 1.807) is 12.1 Å². The summed E-state index contributed by atoms with van der Waals surface area (Å²) in [6.45, 7) is 2.88. The molecule has 4 nitrogen and oxygen atoms in total. The number of nitrogens with zero attached hydrogens (tertiary/aromatic N) is 1. The number of nitro benzene ring substituents is 1. The second kappa shape index (κ2) is 4.68. The molecule has 2 bridgehead atoms. The molecular weight excluding hydrogens is 240 g/mol. The second-order valence-electron chi connectivity index (χ2n) is 5.68. The van der Waals surface area contributed by atoms with E-state index in [1.807, 2.05) is 13.0 Å². The number of aryl methyl sites for hydroxylation is 1. The number of hydrogen-bond donors (Lipinski definition) is 1. The smallest absolute Gasteiger partial charge is 0.269 e. The highest BCUT2D eigenvalue weighted by atomic mass is 16.6. The summed E-state index contributed by atoms with van der Waals surface area (Å²) < 4.78 is 0. The van der Waals surface area contributed by atoms with Crippen LogP contribution in [0.25, 0.3) is 0 Å². The van der Waals surface area contributed by atoms with Crippen LogP contribution in [0.5, 0.6) is 0 Å². The van der Waals surface area contributed by atoms with Crippen LogP contribution in [0.2, 0.25) is 0 Å². The van der Waals surface area contributed by atoms with Gasteiger partial charge < -0.3 is 5.32 Å². The first kappa shape index (κ1) is 12.2. The minimum absolute atomic E-state index is 0.158. The van der Waals surface area contributed by atoms with Crippen molar-refractivity contribution in [3.63, 3.8) is 0 Å². The molecule has 0 saturated heterocycles. The Bertz CT molecular complexity index is 539. The molecule has 100 valence electrons. The Morgan fingerprint density at radius 2 is 2.21 bits per heavy atom. The van der Waals surface area contributed by atoms with Crippen LogP contribution in [0.1, 0.15) is 18.4 Å². The van der Waals surface area contributed by atoms with E-state index in [9.17, 15) is 10.1 Å². The topological polar surface area (TPSA) is 55.2 Å². The van der Waals surface area contributed by atoms with Crippen LogP contribution in [0.15, 0.2) is 30.4 Å². The van der Waals surface area contributed by atoms with E-state index in [1.165, 1.54) is 12.8 Å². The molecule has 2 aliphatic carbocycles. The molecule has 1 saturated carbocycles. The fraction of sp³-hybridized carbons (Fsp3) is 0.467. The largest absolute Gasteiger partial charge is 0.385 e. The number of nitro groups is 1. The Hall–Kier alpha value is -1.84. The van der Waals surface area contributed by atoms with Crippen molar-refractivity contribution in [2.75, 3.05) is 11.9 Å². The fourth-order valence-electron chi connectivity index (χ4n) is 3.33. The Balaban J connectivity index is 1.64. The molecule has 3 rings (SSSR count). The Labute approximate surface area is 112 Å². The van der Waals surface area contributed by atoms with Crippen molar-refractivity contribution in [2.24, 2.45) is 17.8 Å². The second-order valence-corrected chi connectivity index (χ2v) is 5.68. The van der Waals surface area contributed by atoms with Crippen LogP contribution in [-0.4, -0.2) is 11.5 Å². The van der Waals surface area contributed by atoms with Crippen molar-refractivity contribution in [1.82, 2.24) is 0 Å². The summed E-state index contributed by atoms with van der Waals surface area (Å²) in [6.07, 6.45) is 7.29. The lowest BCUT2D eigenvalue weighted by molar-refractivity contribution is -0.384. The lowest BCUT2D eigenvalue weighted by Crippen LogP contribution is -2.18. The quantitative estimate of drug-likeness (QED) is 0.510. The number of allylic oxidation sites excluding steroid dienone is 2. The minimum atomic E-state index is -0.350. The van der Waals surface area contributed by atoms with Crippen LogP contribution in [0, 0.1) is 34.8 Å². The Kier molecular flexibility index (Phi) is 3.01. The van der Waals surface area contributed by atoms with Crippen molar-refractivity contribution in [3.8, 4) is 0 Å². The third-order valence-corrected chi connectivity index (χ3v) is 4.39. The maximum Gasteiger partial charge on any atom is 0.269 e. The highest BCUT2D eigenvalue weighted by Crippen LogP contribution is 2.43. The summed E-state index contributed by atoms with van der Waals surface area (Å²) in [5, 5.41) is 14.1. The SMILES string of the molecule is Cc1cc([N+](=O)[O-])ccc1NCC1CC2C=CC1C2. The molecule has 3 unspecified atom stereocenters. The lowest BCUT2D eigenvalue weighted by atomic mass is 9.93. The summed E-state index contributed by atoms with van der Waals surface area (Å²) in [7, 11) is 0. The highest BCUT2D eigenvalue weighted by Gasteiger charge is 2.35. The van der Waals surface area contributed by atoms with Gasteiger partial charge in [-0.25, -0.2) is 0 Å². The molecule has 19 heavy (non-hydrogen) atoms.